The van der Waals surface area contributed by atoms with Crippen LogP contribution < -0.4 is 9.47 Å². The lowest BCUT2D eigenvalue weighted by atomic mass is 10.1. The molecule has 1 aromatic carbocycles. The van der Waals surface area contributed by atoms with E-state index in [9.17, 15) is 19.7 Å². The molecule has 1 N–H and O–H groups in total. The molecule has 0 radical (unpaired) electrons. The van der Waals surface area contributed by atoms with Crippen molar-refractivity contribution in [3.8, 4) is 11.5 Å². The Balaban J connectivity index is 3.29. The van der Waals surface area contributed by atoms with E-state index in [0.717, 1.165) is 12.1 Å². The van der Waals surface area contributed by atoms with Crippen LogP contribution in [0.2, 0.25) is 0 Å². The third-order valence-electron chi connectivity index (χ3n) is 2.29. The van der Waals surface area contributed by atoms with E-state index in [1.165, 1.54) is 14.0 Å². The number of carboxylic acids is 1. The van der Waals surface area contributed by atoms with Crippen molar-refractivity contribution in [1.82, 2.24) is 0 Å². The Labute approximate surface area is 107 Å². The molecule has 1 atom stereocenters. The Hall–Kier alpha value is -2.64. The molecule has 0 bridgehead atoms. The lowest BCUT2D eigenvalue weighted by molar-refractivity contribution is -0.385. The summed E-state index contributed by atoms with van der Waals surface area (Å²) in [4.78, 5) is 31.5. The average molecular weight is 269 g/mol. The molecule has 8 heteroatoms. The Morgan fingerprint density at radius 3 is 2.53 bits per heavy atom. The zero-order chi connectivity index (χ0) is 14.6. The molecule has 0 saturated carbocycles. The van der Waals surface area contributed by atoms with Gasteiger partial charge < -0.3 is 14.6 Å². The predicted molar refractivity (Wildman–Crippen MR) is 62.8 cm³/mol. The number of nitro groups is 1. The van der Waals surface area contributed by atoms with Crippen LogP contribution in [-0.2, 0) is 4.79 Å². The van der Waals surface area contributed by atoms with Gasteiger partial charge in [0.2, 0.25) is 0 Å². The molecule has 0 spiro atoms. The normalized spacial score (nSPS) is 11.5. The molecule has 8 nitrogen and oxygen atoms in total. The molecule has 0 aromatic heterocycles. The second-order valence-electron chi connectivity index (χ2n) is 3.54. The summed E-state index contributed by atoms with van der Waals surface area (Å²) in [6.07, 6.45) is -0.902. The Morgan fingerprint density at radius 1 is 1.47 bits per heavy atom. The zero-order valence-electron chi connectivity index (χ0n) is 10.2. The van der Waals surface area contributed by atoms with Crippen LogP contribution in [-0.4, -0.2) is 35.5 Å². The van der Waals surface area contributed by atoms with Gasteiger partial charge >= 0.3 is 5.97 Å². The van der Waals surface area contributed by atoms with Crippen LogP contribution in [0.5, 0.6) is 11.5 Å². The molecule has 0 fully saturated rings. The fraction of sp³-hybridized carbons (Fsp3) is 0.273. The smallest absolute Gasteiger partial charge is 0.344 e. The standard InChI is InChI=1S/C11H11NO7/c1-6(11(14)15)19-10-4-8(12(16)17)7(5-13)3-9(10)18-2/h3-6H,1-2H3,(H,14,15)/t6-/m0/s1. The summed E-state index contributed by atoms with van der Waals surface area (Å²) < 4.78 is 9.95. The van der Waals surface area contributed by atoms with Crippen LogP contribution in [0.25, 0.3) is 0 Å². The molecule has 1 aromatic rings. The first-order valence-electron chi connectivity index (χ1n) is 5.11. The maximum absolute atomic E-state index is 10.8. The minimum absolute atomic E-state index is 0.0424. The monoisotopic (exact) mass is 269 g/mol. The fourth-order valence-corrected chi connectivity index (χ4v) is 1.31. The van der Waals surface area contributed by atoms with Gasteiger partial charge in [0.25, 0.3) is 5.69 Å². The quantitative estimate of drug-likeness (QED) is 0.469. The highest BCUT2D eigenvalue weighted by Gasteiger charge is 2.22. The minimum Gasteiger partial charge on any atom is -0.493 e. The molecule has 0 heterocycles. The van der Waals surface area contributed by atoms with Gasteiger partial charge in [0.1, 0.15) is 0 Å². The maximum Gasteiger partial charge on any atom is 0.344 e. The molecule has 102 valence electrons. The van der Waals surface area contributed by atoms with Gasteiger partial charge in [0, 0.05) is 6.07 Å². The number of benzene rings is 1. The number of carbonyl (C=O) groups is 2. The number of aldehydes is 1. The zero-order valence-corrected chi connectivity index (χ0v) is 10.2. The van der Waals surface area contributed by atoms with Gasteiger partial charge in [-0.2, -0.15) is 0 Å². The fourth-order valence-electron chi connectivity index (χ4n) is 1.31. The summed E-state index contributed by atoms with van der Waals surface area (Å²) in [6, 6.07) is 2.08. The first kappa shape index (κ1) is 14.4. The molecule has 0 amide bonds. The van der Waals surface area contributed by atoms with E-state index in [1.54, 1.807) is 0 Å². The summed E-state index contributed by atoms with van der Waals surface area (Å²) in [6.45, 7) is 1.27. The first-order chi connectivity index (χ1) is 8.90. The maximum atomic E-state index is 10.8. The van der Waals surface area contributed by atoms with Gasteiger partial charge in [0.15, 0.2) is 23.9 Å². The number of hydrogen-bond acceptors (Lipinski definition) is 6. The largest absolute Gasteiger partial charge is 0.493 e. The molecular formula is C11H11NO7. The number of nitro benzene ring substituents is 1. The van der Waals surface area contributed by atoms with Crippen molar-refractivity contribution in [2.45, 2.75) is 13.0 Å². The van der Waals surface area contributed by atoms with Crippen LogP contribution in [0.15, 0.2) is 12.1 Å². The molecule has 0 saturated heterocycles. The lowest BCUT2D eigenvalue weighted by Crippen LogP contribution is -2.23. The topological polar surface area (TPSA) is 116 Å². The first-order valence-corrected chi connectivity index (χ1v) is 5.11. The van der Waals surface area contributed by atoms with Crippen molar-refractivity contribution in [3.63, 3.8) is 0 Å². The van der Waals surface area contributed by atoms with Gasteiger partial charge in [-0.15, -0.1) is 0 Å². The summed E-state index contributed by atoms with van der Waals surface area (Å²) in [7, 11) is 1.27. The number of methoxy groups -OCH3 is 1. The number of hydrogen-bond donors (Lipinski definition) is 1. The second kappa shape index (κ2) is 5.80. The van der Waals surface area contributed by atoms with Gasteiger partial charge in [-0.05, 0) is 6.92 Å². The summed E-state index contributed by atoms with van der Waals surface area (Å²) in [5, 5.41) is 19.5. The van der Waals surface area contributed by atoms with E-state index in [1.807, 2.05) is 0 Å². The Bertz CT molecular complexity index is 526. The molecule has 0 aliphatic carbocycles. The van der Waals surface area contributed by atoms with Crippen molar-refractivity contribution < 1.29 is 29.1 Å². The minimum atomic E-state index is -1.23. The van der Waals surface area contributed by atoms with Gasteiger partial charge in [-0.3, -0.25) is 14.9 Å². The van der Waals surface area contributed by atoms with E-state index in [2.05, 4.69) is 0 Å². The number of rotatable bonds is 6. The predicted octanol–water partition coefficient (Wildman–Crippen LogP) is 1.27. The van der Waals surface area contributed by atoms with Crippen molar-refractivity contribution in [2.75, 3.05) is 7.11 Å². The lowest BCUT2D eigenvalue weighted by Gasteiger charge is -2.14. The summed E-state index contributed by atoms with van der Waals surface area (Å²) >= 11 is 0. The molecule has 1 rings (SSSR count). The van der Waals surface area contributed by atoms with Crippen LogP contribution in [0.1, 0.15) is 17.3 Å². The number of carboxylic acid groups (broad SMARTS) is 1. The number of aliphatic carboxylic acids is 1. The molecule has 0 aliphatic heterocycles. The third kappa shape index (κ3) is 3.18. The number of ether oxygens (including phenoxy) is 2. The van der Waals surface area contributed by atoms with E-state index in [4.69, 9.17) is 14.6 Å². The number of nitrogens with zero attached hydrogens (tertiary/aromatic N) is 1. The third-order valence-corrected chi connectivity index (χ3v) is 2.29. The number of carbonyl (C=O) groups excluding carboxylic acids is 1. The van der Waals surface area contributed by atoms with Crippen LogP contribution in [0.4, 0.5) is 5.69 Å². The van der Waals surface area contributed by atoms with Crippen molar-refractivity contribution >= 4 is 17.9 Å². The van der Waals surface area contributed by atoms with Crippen LogP contribution in [0.3, 0.4) is 0 Å². The van der Waals surface area contributed by atoms with Crippen molar-refractivity contribution in [1.29, 1.82) is 0 Å². The Kier molecular flexibility index (Phi) is 4.41. The highest BCUT2D eigenvalue weighted by Crippen LogP contribution is 2.34. The molecular weight excluding hydrogens is 258 g/mol. The molecule has 19 heavy (non-hydrogen) atoms. The van der Waals surface area contributed by atoms with Crippen LogP contribution >= 0.6 is 0 Å². The van der Waals surface area contributed by atoms with E-state index < -0.39 is 22.7 Å². The molecule has 0 unspecified atom stereocenters. The van der Waals surface area contributed by atoms with E-state index in [0.29, 0.717) is 6.29 Å². The highest BCUT2D eigenvalue weighted by atomic mass is 16.6. The average Bonchev–Trinajstić information content (AvgIpc) is 2.37. The Morgan fingerprint density at radius 2 is 2.11 bits per heavy atom. The van der Waals surface area contributed by atoms with Crippen molar-refractivity contribution in [2.24, 2.45) is 0 Å². The summed E-state index contributed by atoms with van der Waals surface area (Å²) in [5.74, 6) is -1.31. The second-order valence-corrected chi connectivity index (χ2v) is 3.54. The van der Waals surface area contributed by atoms with E-state index >= 15 is 0 Å². The van der Waals surface area contributed by atoms with Gasteiger partial charge in [0.05, 0.1) is 23.7 Å². The summed E-state index contributed by atoms with van der Waals surface area (Å²) in [5.41, 5.74) is -0.666. The van der Waals surface area contributed by atoms with E-state index in [-0.39, 0.29) is 17.1 Å². The van der Waals surface area contributed by atoms with Crippen molar-refractivity contribution in [3.05, 3.63) is 27.8 Å². The highest BCUT2D eigenvalue weighted by molar-refractivity contribution is 5.83. The SMILES string of the molecule is COc1cc(C=O)c([N+](=O)[O-])cc1O[C@@H](C)C(=O)O. The molecule has 0 aliphatic rings. The van der Waals surface area contributed by atoms with Gasteiger partial charge in [-0.1, -0.05) is 0 Å². The van der Waals surface area contributed by atoms with Crippen LogP contribution in [0, 0.1) is 10.1 Å². The van der Waals surface area contributed by atoms with Gasteiger partial charge in [-0.25, -0.2) is 4.79 Å².